The fourth-order valence-electron chi connectivity index (χ4n) is 4.87. The van der Waals surface area contributed by atoms with Crippen molar-refractivity contribution in [3.05, 3.63) is 58.4 Å². The number of rotatable bonds is 7. The van der Waals surface area contributed by atoms with E-state index in [0.717, 1.165) is 65.6 Å². The molecule has 2 aliphatic rings. The zero-order valence-electron chi connectivity index (χ0n) is 20.0. The Balaban J connectivity index is 1.40. The molecule has 1 N–H and O–H groups in total. The summed E-state index contributed by atoms with van der Waals surface area (Å²) in [6, 6.07) is 6.04. The molecule has 1 amide bonds. The zero-order chi connectivity index (χ0) is 23.5. The Morgan fingerprint density at radius 2 is 2.18 bits per heavy atom. The average Bonchev–Trinajstić information content (AvgIpc) is 3.60. The van der Waals surface area contributed by atoms with Gasteiger partial charge in [0.15, 0.2) is 0 Å². The topological polar surface area (TPSA) is 69.0 Å². The van der Waals surface area contributed by atoms with E-state index in [4.69, 9.17) is 9.72 Å². The molecule has 1 unspecified atom stereocenters. The molecule has 1 aliphatic carbocycles. The number of hydrogen-bond acceptors (Lipinski definition) is 5. The van der Waals surface area contributed by atoms with Crippen LogP contribution in [0.4, 0.5) is 0 Å². The lowest BCUT2D eigenvalue weighted by molar-refractivity contribution is 0.0565. The fraction of sp³-hybridized carbons (Fsp3) is 0.444. The van der Waals surface area contributed by atoms with Crippen molar-refractivity contribution < 1.29 is 9.53 Å². The quantitative estimate of drug-likeness (QED) is 0.411. The molecular weight excluding hydrogens is 444 g/mol. The highest BCUT2D eigenvalue weighted by molar-refractivity contribution is 7.13. The summed E-state index contributed by atoms with van der Waals surface area (Å²) in [5.41, 5.74) is 6.90. The van der Waals surface area contributed by atoms with Crippen molar-refractivity contribution in [1.82, 2.24) is 19.9 Å². The van der Waals surface area contributed by atoms with E-state index in [9.17, 15) is 4.79 Å². The number of aryl methyl sites for hydroxylation is 1. The van der Waals surface area contributed by atoms with Crippen LogP contribution in [0.1, 0.15) is 72.9 Å². The summed E-state index contributed by atoms with van der Waals surface area (Å²) in [6.07, 6.45) is 11.9. The molecule has 4 heterocycles. The number of aromatic nitrogens is 3. The third-order valence-electron chi connectivity index (χ3n) is 6.77. The third kappa shape index (κ3) is 4.86. The smallest absolute Gasteiger partial charge is 0.253 e. The average molecular weight is 477 g/mol. The van der Waals surface area contributed by atoms with Gasteiger partial charge < -0.3 is 14.6 Å². The van der Waals surface area contributed by atoms with Crippen molar-refractivity contribution in [3.63, 3.8) is 0 Å². The van der Waals surface area contributed by atoms with Crippen LogP contribution >= 0.6 is 11.3 Å². The Bertz CT molecular complexity index is 1190. The molecule has 1 atom stereocenters. The van der Waals surface area contributed by atoms with Crippen molar-refractivity contribution in [2.24, 2.45) is 0 Å². The van der Waals surface area contributed by atoms with Crippen LogP contribution in [0.25, 0.3) is 22.0 Å². The molecule has 0 radical (unpaired) electrons. The van der Waals surface area contributed by atoms with Crippen molar-refractivity contribution in [2.45, 2.75) is 65.0 Å². The summed E-state index contributed by atoms with van der Waals surface area (Å²) in [5.74, 6) is -0.0231. The molecule has 178 valence electrons. The van der Waals surface area contributed by atoms with Crippen LogP contribution in [0.15, 0.2) is 41.4 Å². The molecule has 0 aromatic carbocycles. The number of allylic oxidation sites excluding steroid dienone is 1. The van der Waals surface area contributed by atoms with E-state index in [2.05, 4.69) is 32.4 Å². The SMILES string of the molecule is Cc1ccc(-c2nc(-c3cc(C(=O)NCCC4=CCCCC4)c(C)n3C3CCCO3)cs2)cn1. The Morgan fingerprint density at radius 3 is 2.91 bits per heavy atom. The van der Waals surface area contributed by atoms with E-state index in [1.807, 2.05) is 32.2 Å². The molecule has 3 aromatic rings. The van der Waals surface area contributed by atoms with E-state index in [-0.39, 0.29) is 12.1 Å². The minimum atomic E-state index is -0.0601. The number of nitrogens with one attached hydrogen (secondary N) is 1. The maximum atomic E-state index is 13.2. The van der Waals surface area contributed by atoms with Gasteiger partial charge in [-0.1, -0.05) is 11.6 Å². The summed E-state index contributed by atoms with van der Waals surface area (Å²) in [4.78, 5) is 22.5. The lowest BCUT2D eigenvalue weighted by Crippen LogP contribution is -2.25. The summed E-state index contributed by atoms with van der Waals surface area (Å²) in [5, 5.41) is 6.13. The van der Waals surface area contributed by atoms with Crippen molar-refractivity contribution >= 4 is 17.2 Å². The van der Waals surface area contributed by atoms with Gasteiger partial charge in [-0.05, 0) is 77.0 Å². The van der Waals surface area contributed by atoms with Gasteiger partial charge in [0.05, 0.1) is 17.0 Å². The van der Waals surface area contributed by atoms with Crippen LogP contribution in [0.5, 0.6) is 0 Å². The van der Waals surface area contributed by atoms with Crippen LogP contribution in [-0.4, -0.2) is 33.6 Å². The number of nitrogens with zero attached hydrogens (tertiary/aromatic N) is 3. The van der Waals surface area contributed by atoms with E-state index in [1.54, 1.807) is 11.3 Å². The molecule has 1 saturated heterocycles. The molecular formula is C27H32N4O2S. The first-order valence-electron chi connectivity index (χ1n) is 12.3. The molecule has 6 nitrogen and oxygen atoms in total. The molecule has 1 fully saturated rings. The van der Waals surface area contributed by atoms with E-state index in [1.165, 1.54) is 24.8 Å². The van der Waals surface area contributed by atoms with Crippen LogP contribution in [0, 0.1) is 13.8 Å². The van der Waals surface area contributed by atoms with Gasteiger partial charge in [0.1, 0.15) is 11.2 Å². The highest BCUT2D eigenvalue weighted by atomic mass is 32.1. The van der Waals surface area contributed by atoms with Crippen LogP contribution in [0.3, 0.4) is 0 Å². The maximum absolute atomic E-state index is 13.2. The number of hydrogen-bond donors (Lipinski definition) is 1. The molecule has 0 spiro atoms. The predicted octanol–water partition coefficient (Wildman–Crippen LogP) is 6.22. The van der Waals surface area contributed by atoms with Gasteiger partial charge >= 0.3 is 0 Å². The van der Waals surface area contributed by atoms with Gasteiger partial charge in [0.25, 0.3) is 5.91 Å². The van der Waals surface area contributed by atoms with Crippen LogP contribution in [-0.2, 0) is 4.74 Å². The molecule has 0 saturated carbocycles. The number of ether oxygens (including phenoxy) is 1. The molecule has 1 aliphatic heterocycles. The predicted molar refractivity (Wildman–Crippen MR) is 136 cm³/mol. The lowest BCUT2D eigenvalue weighted by Gasteiger charge is -2.18. The largest absolute Gasteiger partial charge is 0.358 e. The normalized spacial score (nSPS) is 18.2. The zero-order valence-corrected chi connectivity index (χ0v) is 20.8. The molecule has 34 heavy (non-hydrogen) atoms. The second-order valence-electron chi connectivity index (χ2n) is 9.21. The van der Waals surface area contributed by atoms with Gasteiger partial charge in [-0.2, -0.15) is 0 Å². The van der Waals surface area contributed by atoms with Crippen LogP contribution in [0.2, 0.25) is 0 Å². The van der Waals surface area contributed by atoms with E-state index < -0.39 is 0 Å². The Kier molecular flexibility index (Phi) is 6.92. The van der Waals surface area contributed by atoms with Gasteiger partial charge in [0.2, 0.25) is 0 Å². The minimum Gasteiger partial charge on any atom is -0.358 e. The fourth-order valence-corrected chi connectivity index (χ4v) is 5.67. The summed E-state index contributed by atoms with van der Waals surface area (Å²) in [6.45, 7) is 5.41. The maximum Gasteiger partial charge on any atom is 0.253 e. The van der Waals surface area contributed by atoms with Crippen molar-refractivity contribution in [2.75, 3.05) is 13.2 Å². The number of carbonyl (C=O) groups excluding carboxylic acids is 1. The first-order valence-corrected chi connectivity index (χ1v) is 13.2. The van der Waals surface area contributed by atoms with Gasteiger partial charge in [0, 0.05) is 41.7 Å². The monoisotopic (exact) mass is 476 g/mol. The summed E-state index contributed by atoms with van der Waals surface area (Å²) in [7, 11) is 0. The first-order chi connectivity index (χ1) is 16.6. The molecule has 3 aromatic heterocycles. The van der Waals surface area contributed by atoms with Gasteiger partial charge in [-0.15, -0.1) is 11.3 Å². The third-order valence-corrected chi connectivity index (χ3v) is 7.66. The van der Waals surface area contributed by atoms with E-state index in [0.29, 0.717) is 12.1 Å². The Hall–Kier alpha value is -2.77. The Labute approximate surface area is 205 Å². The molecule has 0 bridgehead atoms. The highest BCUT2D eigenvalue weighted by Crippen LogP contribution is 2.36. The summed E-state index contributed by atoms with van der Waals surface area (Å²) < 4.78 is 8.19. The number of thiazole rings is 1. The van der Waals surface area contributed by atoms with Crippen molar-refractivity contribution in [1.29, 1.82) is 0 Å². The Morgan fingerprint density at radius 1 is 1.26 bits per heavy atom. The van der Waals surface area contributed by atoms with Gasteiger partial charge in [-0.3, -0.25) is 9.78 Å². The van der Waals surface area contributed by atoms with Crippen LogP contribution < -0.4 is 5.32 Å². The standard InChI is InChI=1S/C27H32N4O2S/c1-18-10-11-21(16-29-18)27-30-23(17-34-27)24-15-22(19(2)31(24)25-9-6-14-33-25)26(32)28-13-12-20-7-4-3-5-8-20/h7,10-11,15-17,25H,3-6,8-9,12-14H2,1-2H3,(H,28,32). The second kappa shape index (κ2) is 10.2. The van der Waals surface area contributed by atoms with Crippen molar-refractivity contribution in [3.8, 4) is 22.0 Å². The first kappa shape index (κ1) is 23.0. The number of carbonyl (C=O) groups is 1. The number of pyridine rings is 1. The number of amides is 1. The highest BCUT2D eigenvalue weighted by Gasteiger charge is 2.27. The lowest BCUT2D eigenvalue weighted by atomic mass is 9.97. The summed E-state index contributed by atoms with van der Waals surface area (Å²) >= 11 is 1.60. The van der Waals surface area contributed by atoms with Gasteiger partial charge in [-0.25, -0.2) is 4.98 Å². The van der Waals surface area contributed by atoms with E-state index >= 15 is 0 Å². The second-order valence-corrected chi connectivity index (χ2v) is 10.1. The minimum absolute atomic E-state index is 0.0231. The molecule has 5 rings (SSSR count). The molecule has 7 heteroatoms.